The van der Waals surface area contributed by atoms with Crippen LogP contribution in [0.4, 0.5) is 0 Å². The van der Waals surface area contributed by atoms with Gasteiger partial charge < -0.3 is 14.7 Å². The van der Waals surface area contributed by atoms with Crippen molar-refractivity contribution < 1.29 is 0 Å². The minimum absolute atomic E-state index is 1.03. The number of piperazine rings is 1. The van der Waals surface area contributed by atoms with Crippen molar-refractivity contribution in [2.75, 3.05) is 59.4 Å². The van der Waals surface area contributed by atoms with Crippen LogP contribution in [0.25, 0.3) is 0 Å². The molecule has 0 aromatic rings. The Morgan fingerprint density at radius 3 is 1.76 bits per heavy atom. The van der Waals surface area contributed by atoms with E-state index in [9.17, 15) is 0 Å². The number of hydrogen-bond acceptors (Lipinski definition) is 3. The molecule has 2 fully saturated rings. The van der Waals surface area contributed by atoms with Crippen LogP contribution in [-0.2, 0) is 0 Å². The molecule has 2 heterocycles. The molecular weight excluding hydrogens is 306 g/mol. The minimum Gasteiger partial charge on any atom is -0.306 e. The summed E-state index contributed by atoms with van der Waals surface area (Å²) in [6.45, 7) is 20.7. The third-order valence-electron chi connectivity index (χ3n) is 5.59. The van der Waals surface area contributed by atoms with Gasteiger partial charge in [0.25, 0.3) is 0 Å². The molecule has 0 bridgehead atoms. The van der Waals surface area contributed by atoms with Crippen molar-refractivity contribution in [1.82, 2.24) is 14.7 Å². The lowest BCUT2D eigenvalue weighted by atomic mass is 9.91. The molecule has 2 rings (SSSR count). The molecule has 0 aromatic heterocycles. The molecule has 2 aliphatic heterocycles. The van der Waals surface area contributed by atoms with Crippen LogP contribution >= 0.6 is 0 Å². The molecule has 0 aliphatic carbocycles. The predicted molar refractivity (Wildman–Crippen MR) is 115 cm³/mol. The fourth-order valence-electron chi connectivity index (χ4n) is 3.80. The van der Waals surface area contributed by atoms with Crippen LogP contribution in [0, 0.1) is 5.92 Å². The van der Waals surface area contributed by atoms with Gasteiger partial charge in [-0.3, -0.25) is 0 Å². The molecule has 2 aliphatic rings. The molecule has 0 amide bonds. The second-order valence-electron chi connectivity index (χ2n) is 7.23. The monoisotopic (exact) mass is 355 g/mol. The van der Waals surface area contributed by atoms with E-state index >= 15 is 0 Å². The van der Waals surface area contributed by atoms with Gasteiger partial charge in [-0.1, -0.05) is 60.3 Å². The molecule has 0 aromatic carbocycles. The zero-order chi connectivity index (χ0) is 18.9. The van der Waals surface area contributed by atoms with E-state index < -0.39 is 0 Å². The molecule has 3 nitrogen and oxygen atoms in total. The van der Waals surface area contributed by atoms with Gasteiger partial charge >= 0.3 is 0 Å². The summed E-state index contributed by atoms with van der Waals surface area (Å²) in [5, 5.41) is 0. The van der Waals surface area contributed by atoms with Crippen LogP contribution in [0.5, 0.6) is 0 Å². The van der Waals surface area contributed by atoms with Crippen LogP contribution in [0.15, 0.2) is 0 Å². The van der Waals surface area contributed by atoms with Crippen molar-refractivity contribution in [2.45, 2.75) is 79.6 Å². The van der Waals surface area contributed by atoms with Gasteiger partial charge in [0, 0.05) is 26.2 Å². The number of piperidine rings is 1. The maximum Gasteiger partial charge on any atom is 0.0110 e. The Hall–Kier alpha value is -0.120. The van der Waals surface area contributed by atoms with E-state index in [4.69, 9.17) is 0 Å². The Labute approximate surface area is 160 Å². The third kappa shape index (κ3) is 12.0. The van der Waals surface area contributed by atoms with E-state index in [1.54, 1.807) is 0 Å². The van der Waals surface area contributed by atoms with E-state index in [0.29, 0.717) is 0 Å². The Balaban J connectivity index is 0.00000134. The summed E-state index contributed by atoms with van der Waals surface area (Å²) in [7, 11) is 2.26. The second-order valence-corrected chi connectivity index (χ2v) is 7.23. The average Bonchev–Trinajstić information content (AvgIpc) is 2.69. The zero-order valence-corrected chi connectivity index (χ0v) is 18.5. The summed E-state index contributed by atoms with van der Waals surface area (Å²) in [4.78, 5) is 7.72. The summed E-state index contributed by atoms with van der Waals surface area (Å²) >= 11 is 0. The molecule has 25 heavy (non-hydrogen) atoms. The van der Waals surface area contributed by atoms with E-state index in [1.165, 1.54) is 97.3 Å². The molecular formula is C22H49N3. The Morgan fingerprint density at radius 1 is 0.680 bits per heavy atom. The van der Waals surface area contributed by atoms with Gasteiger partial charge in [-0.2, -0.15) is 0 Å². The van der Waals surface area contributed by atoms with Gasteiger partial charge in [-0.15, -0.1) is 0 Å². The fraction of sp³-hybridized carbons (Fsp3) is 1.00. The smallest absolute Gasteiger partial charge is 0.0110 e. The highest BCUT2D eigenvalue weighted by molar-refractivity contribution is 4.71. The average molecular weight is 356 g/mol. The summed E-state index contributed by atoms with van der Waals surface area (Å²) < 4.78 is 0. The summed E-state index contributed by atoms with van der Waals surface area (Å²) in [6, 6.07) is 0. The SMILES string of the molecule is CC.CC.CCN1CCN(CCCCCCC2CCN(C)CC2)CC1. The molecule has 0 unspecified atom stereocenters. The lowest BCUT2D eigenvalue weighted by molar-refractivity contribution is 0.135. The molecule has 2 saturated heterocycles. The van der Waals surface area contributed by atoms with Gasteiger partial charge in [-0.25, -0.2) is 0 Å². The van der Waals surface area contributed by atoms with Crippen LogP contribution in [0.3, 0.4) is 0 Å². The molecule has 0 saturated carbocycles. The van der Waals surface area contributed by atoms with Crippen molar-refractivity contribution >= 4 is 0 Å². The predicted octanol–water partition coefficient (Wildman–Crippen LogP) is 4.97. The molecule has 0 atom stereocenters. The van der Waals surface area contributed by atoms with E-state index in [1.807, 2.05) is 27.7 Å². The van der Waals surface area contributed by atoms with Crippen LogP contribution < -0.4 is 0 Å². The summed E-state index contributed by atoms with van der Waals surface area (Å²) in [6.07, 6.45) is 10.2. The highest BCUT2D eigenvalue weighted by Crippen LogP contribution is 2.22. The molecule has 152 valence electrons. The standard InChI is InChI=1S/C18H37N3.2C2H6/c1-3-20-14-16-21(17-15-20)11-7-5-4-6-8-18-9-12-19(2)13-10-18;2*1-2/h18H,3-17H2,1-2H3;2*1-2H3. The first-order chi connectivity index (χ1) is 12.3. The van der Waals surface area contributed by atoms with Crippen LogP contribution in [0.2, 0.25) is 0 Å². The number of likely N-dealkylation sites (tertiary alicyclic amines) is 1. The fourth-order valence-corrected chi connectivity index (χ4v) is 3.80. The molecule has 0 N–H and O–H groups in total. The highest BCUT2D eigenvalue weighted by Gasteiger charge is 2.16. The second kappa shape index (κ2) is 17.3. The lowest BCUT2D eigenvalue weighted by Gasteiger charge is -2.34. The van der Waals surface area contributed by atoms with Gasteiger partial charge in [0.05, 0.1) is 0 Å². The highest BCUT2D eigenvalue weighted by atomic mass is 15.3. The Morgan fingerprint density at radius 2 is 1.20 bits per heavy atom. The third-order valence-corrected chi connectivity index (χ3v) is 5.59. The first kappa shape index (κ1) is 24.9. The maximum absolute atomic E-state index is 2.67. The van der Waals surface area contributed by atoms with Crippen LogP contribution in [-0.4, -0.2) is 74.1 Å². The van der Waals surface area contributed by atoms with Crippen molar-refractivity contribution in [3.63, 3.8) is 0 Å². The van der Waals surface area contributed by atoms with E-state index in [0.717, 1.165) is 5.92 Å². The minimum atomic E-state index is 1.03. The largest absolute Gasteiger partial charge is 0.306 e. The molecule has 3 heteroatoms. The van der Waals surface area contributed by atoms with Gasteiger partial charge in [0.1, 0.15) is 0 Å². The first-order valence-electron chi connectivity index (χ1n) is 11.4. The van der Waals surface area contributed by atoms with E-state index in [-0.39, 0.29) is 0 Å². The van der Waals surface area contributed by atoms with Crippen molar-refractivity contribution in [2.24, 2.45) is 5.92 Å². The number of unbranched alkanes of at least 4 members (excludes halogenated alkanes) is 3. The van der Waals surface area contributed by atoms with Crippen LogP contribution in [0.1, 0.15) is 79.6 Å². The van der Waals surface area contributed by atoms with Gasteiger partial charge in [0.15, 0.2) is 0 Å². The summed E-state index contributed by atoms with van der Waals surface area (Å²) in [5.74, 6) is 1.03. The first-order valence-corrected chi connectivity index (χ1v) is 11.4. The number of nitrogens with zero attached hydrogens (tertiary/aromatic N) is 3. The number of hydrogen-bond donors (Lipinski definition) is 0. The quantitative estimate of drug-likeness (QED) is 0.569. The lowest BCUT2D eigenvalue weighted by Crippen LogP contribution is -2.46. The Kier molecular flexibility index (Phi) is 17.2. The number of rotatable bonds is 8. The summed E-state index contributed by atoms with van der Waals surface area (Å²) in [5.41, 5.74) is 0. The normalized spacial score (nSPS) is 20.4. The van der Waals surface area contributed by atoms with Crippen molar-refractivity contribution in [3.8, 4) is 0 Å². The topological polar surface area (TPSA) is 9.72 Å². The molecule has 0 radical (unpaired) electrons. The number of likely N-dealkylation sites (N-methyl/N-ethyl adjacent to an activating group) is 1. The maximum atomic E-state index is 2.67. The van der Waals surface area contributed by atoms with E-state index in [2.05, 4.69) is 28.7 Å². The van der Waals surface area contributed by atoms with Crippen molar-refractivity contribution in [3.05, 3.63) is 0 Å². The van der Waals surface area contributed by atoms with Gasteiger partial charge in [-0.05, 0) is 58.4 Å². The molecule has 0 spiro atoms. The Bertz CT molecular complexity index is 254. The zero-order valence-electron chi connectivity index (χ0n) is 18.5. The van der Waals surface area contributed by atoms with Gasteiger partial charge in [0.2, 0.25) is 0 Å². The van der Waals surface area contributed by atoms with Crippen molar-refractivity contribution in [1.29, 1.82) is 0 Å².